The number of phenols is 2. The maximum Gasteiger partial charge on any atom is 0.147 e. The van der Waals surface area contributed by atoms with Crippen molar-refractivity contribution in [1.82, 2.24) is 9.13 Å². The number of para-hydroxylation sites is 2. The minimum atomic E-state index is -0.673. The van der Waals surface area contributed by atoms with E-state index in [-0.39, 0.29) is 40.0 Å². The van der Waals surface area contributed by atoms with Crippen molar-refractivity contribution in [2.24, 2.45) is 0 Å². The molecule has 10 aromatic rings. The second-order valence-electron chi connectivity index (χ2n) is 25.5. The van der Waals surface area contributed by atoms with Crippen molar-refractivity contribution < 1.29 is 19.7 Å². The van der Waals surface area contributed by atoms with Crippen molar-refractivity contribution in [2.75, 3.05) is 0 Å². The van der Waals surface area contributed by atoms with Crippen LogP contribution in [0.4, 0.5) is 0 Å². The molecule has 2 N–H and O–H groups in total. The number of rotatable bonds is 1. The van der Waals surface area contributed by atoms with Gasteiger partial charge in [-0.15, -0.1) is 0 Å². The van der Waals surface area contributed by atoms with Crippen LogP contribution in [-0.2, 0) is 21.7 Å². The lowest BCUT2D eigenvalue weighted by molar-refractivity contribution is 0.131. The summed E-state index contributed by atoms with van der Waals surface area (Å²) in [5.41, 5.74) is 15.5. The quantitative estimate of drug-likeness (QED) is 0.172. The van der Waals surface area contributed by atoms with Gasteiger partial charge in [-0.3, -0.25) is 0 Å². The van der Waals surface area contributed by atoms with Crippen molar-refractivity contribution in [3.05, 3.63) is 178 Å². The third-order valence-electron chi connectivity index (χ3n) is 16.3. The predicted octanol–water partition coefficient (Wildman–Crippen LogP) is 18.4. The first-order valence-electron chi connectivity index (χ1n) is 27.2. The van der Waals surface area contributed by atoms with Crippen LogP contribution >= 0.6 is 0 Å². The molecule has 388 valence electrons. The molecule has 0 aliphatic carbocycles. The van der Waals surface area contributed by atoms with Gasteiger partial charge in [0.15, 0.2) is 0 Å². The van der Waals surface area contributed by atoms with Gasteiger partial charge < -0.3 is 28.8 Å². The lowest BCUT2D eigenvalue weighted by atomic mass is 9.72. The lowest BCUT2D eigenvalue weighted by Gasteiger charge is -2.33. The monoisotopic (exact) mass is 1010 g/mol. The number of hydrogen-bond acceptors (Lipinski definition) is 4. The van der Waals surface area contributed by atoms with Gasteiger partial charge in [0.25, 0.3) is 0 Å². The average molecular weight is 1010 g/mol. The minimum absolute atomic E-state index is 0.0627. The van der Waals surface area contributed by atoms with Gasteiger partial charge in [0.05, 0.1) is 45.6 Å². The summed E-state index contributed by atoms with van der Waals surface area (Å²) in [4.78, 5) is 0. The number of nitrogens with zero attached hydrogens (tertiary/aromatic N) is 2. The van der Waals surface area contributed by atoms with Crippen LogP contribution in [0.15, 0.2) is 140 Å². The standard InChI is InChI=1S/C70H74N2O4/c1-40-32-54-48-20-16-18-22-61(48)75-42(3)35-43(4)76-62-23-19-17-21-49(62)63-64(70(14,15)47-27-31-58-53(39-47)52-38-46(69(11,12)13)24-28-55(52)71(58)59(33-40)65(54)73)41(2)34-60(66(63)74)72-56-29-25-44(67(5,6)7)36-50(56)51-37-45(68(8,9)10)26-30-57(51)72/h16-34,36-39,42-43,73-74H,35H2,1-15H3/t42-,43-/m0/s1. The summed E-state index contributed by atoms with van der Waals surface area (Å²) in [7, 11) is 0. The van der Waals surface area contributed by atoms with E-state index in [2.05, 4.69) is 210 Å². The van der Waals surface area contributed by atoms with Gasteiger partial charge in [-0.25, -0.2) is 0 Å². The number of aromatic nitrogens is 2. The maximum atomic E-state index is 13.7. The van der Waals surface area contributed by atoms with Crippen LogP contribution < -0.4 is 9.47 Å². The van der Waals surface area contributed by atoms with E-state index in [1.807, 2.05) is 42.5 Å². The van der Waals surface area contributed by atoms with E-state index in [1.54, 1.807) is 0 Å². The molecule has 0 amide bonds. The van der Waals surface area contributed by atoms with Gasteiger partial charge >= 0.3 is 0 Å². The summed E-state index contributed by atoms with van der Waals surface area (Å²) >= 11 is 0. The molecule has 2 atom stereocenters. The molecule has 0 radical (unpaired) electrons. The summed E-state index contributed by atoms with van der Waals surface area (Å²) in [6.07, 6.45) is 0.0301. The zero-order valence-corrected chi connectivity index (χ0v) is 47.2. The van der Waals surface area contributed by atoms with E-state index in [0.29, 0.717) is 34.9 Å². The molecule has 0 fully saturated rings. The fourth-order valence-electron chi connectivity index (χ4n) is 12.2. The molecule has 0 spiro atoms. The Morgan fingerprint density at radius 2 is 0.895 bits per heavy atom. The zero-order chi connectivity index (χ0) is 54.1. The highest BCUT2D eigenvalue weighted by molar-refractivity contribution is 6.12. The molecule has 0 saturated heterocycles. The van der Waals surface area contributed by atoms with Gasteiger partial charge in [0, 0.05) is 55.6 Å². The summed E-state index contributed by atoms with van der Waals surface area (Å²) < 4.78 is 18.5. The zero-order valence-electron chi connectivity index (χ0n) is 47.2. The topological polar surface area (TPSA) is 68.8 Å². The summed E-state index contributed by atoms with van der Waals surface area (Å²) in [5, 5.41) is 30.8. The van der Waals surface area contributed by atoms with Gasteiger partial charge in [0.1, 0.15) is 23.0 Å². The van der Waals surface area contributed by atoms with Gasteiger partial charge in [-0.2, -0.15) is 0 Å². The van der Waals surface area contributed by atoms with E-state index in [0.717, 1.165) is 82.6 Å². The first kappa shape index (κ1) is 50.7. The van der Waals surface area contributed by atoms with Crippen LogP contribution in [0, 0.1) is 13.8 Å². The fourth-order valence-corrected chi connectivity index (χ4v) is 12.2. The molecule has 12 rings (SSSR count). The number of aromatic hydroxyl groups is 2. The molecule has 2 aromatic heterocycles. The van der Waals surface area contributed by atoms with Crippen molar-refractivity contribution in [1.29, 1.82) is 0 Å². The Hall–Kier alpha value is -7.44. The van der Waals surface area contributed by atoms with E-state index in [4.69, 9.17) is 9.47 Å². The van der Waals surface area contributed by atoms with E-state index in [1.165, 1.54) is 16.7 Å². The van der Waals surface area contributed by atoms with Crippen LogP contribution in [0.2, 0.25) is 0 Å². The second-order valence-corrected chi connectivity index (χ2v) is 25.5. The highest BCUT2D eigenvalue weighted by Gasteiger charge is 2.35. The van der Waals surface area contributed by atoms with Crippen molar-refractivity contribution in [2.45, 2.75) is 144 Å². The highest BCUT2D eigenvalue weighted by Crippen LogP contribution is 2.52. The average Bonchev–Trinajstić information content (AvgIpc) is 3.92. The van der Waals surface area contributed by atoms with Crippen molar-refractivity contribution >= 4 is 43.6 Å². The SMILES string of the molecule is Cc1cc2c(O)c(c1)-n1c3ccc(C(C)(C)C)cc3c3cc(ccc31)C(C)(C)c1c(C)cc(-n3c4ccc(C(C)(C)C)cc4c4cc(C(C)(C)C)ccc43)c(O)c1-c1ccccc1O[C@@H](C)C[C@H](C)Oc1ccccc1-2. The Balaban J connectivity index is 1.23. The first-order chi connectivity index (χ1) is 35.8. The molecule has 6 heteroatoms. The second kappa shape index (κ2) is 17.8. The number of phenolic OH excluding ortho intramolecular Hbond substituents is 2. The number of hydrogen-bond donors (Lipinski definition) is 2. The molecular formula is C70H74N2O4. The number of ether oxygens (including phenoxy) is 2. The Labute approximate surface area is 449 Å². The molecule has 2 aliphatic heterocycles. The van der Waals surface area contributed by atoms with Crippen LogP contribution in [0.25, 0.3) is 77.2 Å². The van der Waals surface area contributed by atoms with Crippen molar-refractivity contribution in [3.63, 3.8) is 0 Å². The molecule has 0 saturated carbocycles. The molecule has 6 nitrogen and oxygen atoms in total. The van der Waals surface area contributed by atoms with Crippen LogP contribution in [0.5, 0.6) is 23.0 Å². The first-order valence-corrected chi connectivity index (χ1v) is 27.2. The largest absolute Gasteiger partial charge is 0.505 e. The Bertz CT molecular complexity index is 3900. The summed E-state index contributed by atoms with van der Waals surface area (Å²) in [5.74, 6) is 1.73. The smallest absolute Gasteiger partial charge is 0.147 e. The van der Waals surface area contributed by atoms with Gasteiger partial charge in [-0.1, -0.05) is 137 Å². The maximum absolute atomic E-state index is 13.7. The number of benzene rings is 8. The fraction of sp³-hybridized carbons (Fsp3) is 0.314. The lowest BCUT2D eigenvalue weighted by Crippen LogP contribution is -2.24. The van der Waals surface area contributed by atoms with Crippen molar-refractivity contribution in [3.8, 4) is 56.6 Å². The molecule has 6 bridgehead atoms. The van der Waals surface area contributed by atoms with Crippen LogP contribution in [0.3, 0.4) is 0 Å². The van der Waals surface area contributed by atoms with Gasteiger partial charge in [-0.05, 0) is 162 Å². The summed E-state index contributed by atoms with van der Waals surface area (Å²) in [6, 6.07) is 49.8. The Morgan fingerprint density at radius 3 is 1.38 bits per heavy atom. The molecule has 4 heterocycles. The Morgan fingerprint density at radius 1 is 0.474 bits per heavy atom. The predicted molar refractivity (Wildman–Crippen MR) is 318 cm³/mol. The molecule has 8 aromatic carbocycles. The van der Waals surface area contributed by atoms with E-state index >= 15 is 0 Å². The highest BCUT2D eigenvalue weighted by atomic mass is 16.5. The van der Waals surface area contributed by atoms with E-state index < -0.39 is 5.41 Å². The number of fused-ring (bicyclic) bond motifs is 9. The van der Waals surface area contributed by atoms with Gasteiger partial charge in [0.2, 0.25) is 0 Å². The van der Waals surface area contributed by atoms with Crippen LogP contribution in [-0.4, -0.2) is 31.6 Å². The number of aryl methyl sites for hydroxylation is 2. The molecular weight excluding hydrogens is 933 g/mol. The molecule has 76 heavy (non-hydrogen) atoms. The molecule has 0 unspecified atom stereocenters. The minimum Gasteiger partial charge on any atom is -0.505 e. The third kappa shape index (κ3) is 8.40. The summed E-state index contributed by atoms with van der Waals surface area (Å²) in [6.45, 7) is 33.4. The molecule has 2 aliphatic rings. The Kier molecular flexibility index (Phi) is 11.9. The third-order valence-corrected chi connectivity index (χ3v) is 16.3. The van der Waals surface area contributed by atoms with Crippen LogP contribution in [0.1, 0.15) is 135 Å². The van der Waals surface area contributed by atoms with E-state index in [9.17, 15) is 10.2 Å². The normalized spacial score (nSPS) is 16.2.